The Hall–Kier alpha value is 0.150. The molecule has 1 aliphatic rings. The average Bonchev–Trinajstić information content (AvgIpc) is 2.25. The lowest BCUT2D eigenvalue weighted by Crippen LogP contribution is -2.31. The van der Waals surface area contributed by atoms with E-state index in [0.29, 0.717) is 11.2 Å². The van der Waals surface area contributed by atoms with Crippen molar-refractivity contribution in [2.75, 3.05) is 5.75 Å². The van der Waals surface area contributed by atoms with E-state index in [0.717, 1.165) is 11.7 Å². The van der Waals surface area contributed by atoms with Gasteiger partial charge in [0.25, 0.3) is 0 Å². The quantitative estimate of drug-likeness (QED) is 0.686. The minimum Gasteiger partial charge on any atom is -0.259 e. The second-order valence-corrected chi connectivity index (χ2v) is 7.37. The van der Waals surface area contributed by atoms with Crippen LogP contribution in [0, 0.1) is 11.8 Å². The standard InChI is InChI=1S/C14H28OS/c1-4-5-8-13-9-6-7-10-14(13)16(15)11-12(2)3/h12-14H,4-11H2,1-3H3. The SMILES string of the molecule is CCCCC1CCCCC1S(=O)CC(C)C. The molecule has 0 N–H and O–H groups in total. The van der Waals surface area contributed by atoms with Gasteiger partial charge < -0.3 is 0 Å². The molecule has 0 aromatic carbocycles. The first-order valence-electron chi connectivity index (χ1n) is 7.02. The van der Waals surface area contributed by atoms with Gasteiger partial charge in [0.05, 0.1) is 0 Å². The van der Waals surface area contributed by atoms with Crippen LogP contribution < -0.4 is 0 Å². The van der Waals surface area contributed by atoms with Gasteiger partial charge >= 0.3 is 0 Å². The van der Waals surface area contributed by atoms with Gasteiger partial charge in [-0.1, -0.05) is 46.5 Å². The third kappa shape index (κ3) is 4.57. The van der Waals surface area contributed by atoms with Gasteiger partial charge in [-0.15, -0.1) is 0 Å². The molecule has 1 rings (SSSR count). The highest BCUT2D eigenvalue weighted by molar-refractivity contribution is 7.85. The molecule has 1 saturated carbocycles. The fourth-order valence-electron chi connectivity index (χ4n) is 2.77. The lowest BCUT2D eigenvalue weighted by atomic mass is 9.85. The summed E-state index contributed by atoms with van der Waals surface area (Å²) >= 11 is 0. The first kappa shape index (κ1) is 14.2. The summed E-state index contributed by atoms with van der Waals surface area (Å²) in [5.41, 5.74) is 0. The Morgan fingerprint density at radius 3 is 2.56 bits per heavy atom. The Morgan fingerprint density at radius 2 is 1.94 bits per heavy atom. The second kappa shape index (κ2) is 7.47. The summed E-state index contributed by atoms with van der Waals surface area (Å²) in [7, 11) is -0.570. The zero-order valence-corrected chi connectivity index (χ0v) is 12.0. The summed E-state index contributed by atoms with van der Waals surface area (Å²) in [6.07, 6.45) is 9.12. The highest BCUT2D eigenvalue weighted by atomic mass is 32.2. The third-order valence-corrected chi connectivity index (χ3v) is 5.89. The Labute approximate surface area is 104 Å². The highest BCUT2D eigenvalue weighted by Gasteiger charge is 2.29. The molecule has 1 aliphatic carbocycles. The lowest BCUT2D eigenvalue weighted by molar-refractivity contribution is 0.337. The summed E-state index contributed by atoms with van der Waals surface area (Å²) in [5.74, 6) is 2.25. The summed E-state index contributed by atoms with van der Waals surface area (Å²) in [6.45, 7) is 6.62. The summed E-state index contributed by atoms with van der Waals surface area (Å²) in [4.78, 5) is 0. The molecule has 3 unspecified atom stereocenters. The van der Waals surface area contributed by atoms with E-state index < -0.39 is 10.8 Å². The topological polar surface area (TPSA) is 17.1 Å². The van der Waals surface area contributed by atoms with E-state index in [1.165, 1.54) is 44.9 Å². The molecule has 0 amide bonds. The molecule has 0 saturated heterocycles. The van der Waals surface area contributed by atoms with E-state index in [1.54, 1.807) is 0 Å². The van der Waals surface area contributed by atoms with E-state index in [1.807, 2.05) is 0 Å². The monoisotopic (exact) mass is 244 g/mol. The van der Waals surface area contributed by atoms with E-state index in [4.69, 9.17) is 0 Å². The van der Waals surface area contributed by atoms with E-state index >= 15 is 0 Å². The average molecular weight is 244 g/mol. The van der Waals surface area contributed by atoms with Crippen molar-refractivity contribution in [1.29, 1.82) is 0 Å². The molecule has 0 aliphatic heterocycles. The van der Waals surface area contributed by atoms with Crippen LogP contribution >= 0.6 is 0 Å². The number of rotatable bonds is 6. The van der Waals surface area contributed by atoms with Gasteiger partial charge in [0.1, 0.15) is 0 Å². The Kier molecular flexibility index (Phi) is 6.64. The van der Waals surface area contributed by atoms with Gasteiger partial charge in [-0.3, -0.25) is 4.21 Å². The van der Waals surface area contributed by atoms with E-state index in [2.05, 4.69) is 20.8 Å². The zero-order valence-electron chi connectivity index (χ0n) is 11.2. The fraction of sp³-hybridized carbons (Fsp3) is 1.00. The molecule has 1 fully saturated rings. The van der Waals surface area contributed by atoms with Crippen LogP contribution in [0.1, 0.15) is 65.7 Å². The number of unbranched alkanes of at least 4 members (excludes halogenated alkanes) is 1. The molecular formula is C14H28OS. The smallest absolute Gasteiger partial charge is 0.0376 e. The van der Waals surface area contributed by atoms with Gasteiger partial charge in [-0.05, 0) is 31.1 Å². The highest BCUT2D eigenvalue weighted by Crippen LogP contribution is 2.32. The maximum atomic E-state index is 12.3. The van der Waals surface area contributed by atoms with E-state index in [-0.39, 0.29) is 0 Å². The zero-order chi connectivity index (χ0) is 12.0. The van der Waals surface area contributed by atoms with Crippen LogP contribution in [0.15, 0.2) is 0 Å². The predicted molar refractivity (Wildman–Crippen MR) is 73.1 cm³/mol. The van der Waals surface area contributed by atoms with Crippen molar-refractivity contribution in [3.8, 4) is 0 Å². The normalized spacial score (nSPS) is 28.2. The molecule has 2 heteroatoms. The fourth-order valence-corrected chi connectivity index (χ4v) is 4.80. The molecule has 3 atom stereocenters. The maximum Gasteiger partial charge on any atom is 0.0376 e. The maximum absolute atomic E-state index is 12.3. The van der Waals surface area contributed by atoms with Crippen LogP contribution in [0.25, 0.3) is 0 Å². The van der Waals surface area contributed by atoms with Crippen molar-refractivity contribution in [3.63, 3.8) is 0 Å². The molecule has 0 aromatic rings. The first-order valence-corrected chi connectivity index (χ1v) is 8.40. The molecule has 96 valence electrons. The summed E-state index contributed by atoms with van der Waals surface area (Å²) in [5, 5.41) is 0.516. The molecule has 0 bridgehead atoms. The number of hydrogen-bond acceptors (Lipinski definition) is 1. The van der Waals surface area contributed by atoms with Gasteiger partial charge in [0.15, 0.2) is 0 Å². The molecule has 1 nitrogen and oxygen atoms in total. The van der Waals surface area contributed by atoms with Crippen molar-refractivity contribution in [3.05, 3.63) is 0 Å². The minimum absolute atomic E-state index is 0.516. The van der Waals surface area contributed by atoms with Crippen LogP contribution in [0.5, 0.6) is 0 Å². The van der Waals surface area contributed by atoms with Gasteiger partial charge in [-0.25, -0.2) is 0 Å². The Morgan fingerprint density at radius 1 is 1.25 bits per heavy atom. The number of hydrogen-bond donors (Lipinski definition) is 0. The molecular weight excluding hydrogens is 216 g/mol. The molecule has 16 heavy (non-hydrogen) atoms. The summed E-state index contributed by atoms with van der Waals surface area (Å²) in [6, 6.07) is 0. The summed E-state index contributed by atoms with van der Waals surface area (Å²) < 4.78 is 12.3. The van der Waals surface area contributed by atoms with Crippen molar-refractivity contribution < 1.29 is 4.21 Å². The van der Waals surface area contributed by atoms with Crippen molar-refractivity contribution in [1.82, 2.24) is 0 Å². The van der Waals surface area contributed by atoms with Gasteiger partial charge in [0.2, 0.25) is 0 Å². The third-order valence-electron chi connectivity index (χ3n) is 3.60. The Balaban J connectivity index is 2.48. The van der Waals surface area contributed by atoms with E-state index in [9.17, 15) is 4.21 Å². The van der Waals surface area contributed by atoms with Crippen LogP contribution in [0.4, 0.5) is 0 Å². The predicted octanol–water partition coefficient (Wildman–Crippen LogP) is 4.14. The molecule has 0 spiro atoms. The van der Waals surface area contributed by atoms with Crippen molar-refractivity contribution in [2.45, 2.75) is 71.0 Å². The van der Waals surface area contributed by atoms with Crippen LogP contribution in [-0.2, 0) is 10.8 Å². The van der Waals surface area contributed by atoms with Crippen LogP contribution in [0.3, 0.4) is 0 Å². The van der Waals surface area contributed by atoms with Crippen LogP contribution in [0.2, 0.25) is 0 Å². The van der Waals surface area contributed by atoms with Crippen molar-refractivity contribution in [2.24, 2.45) is 11.8 Å². The van der Waals surface area contributed by atoms with Crippen molar-refractivity contribution >= 4 is 10.8 Å². The molecule has 0 aromatic heterocycles. The minimum atomic E-state index is -0.570. The largest absolute Gasteiger partial charge is 0.259 e. The first-order chi connectivity index (χ1) is 7.65. The molecule has 0 heterocycles. The lowest BCUT2D eigenvalue weighted by Gasteiger charge is -2.31. The van der Waals surface area contributed by atoms with Gasteiger partial charge in [-0.2, -0.15) is 0 Å². The van der Waals surface area contributed by atoms with Crippen LogP contribution in [-0.4, -0.2) is 15.2 Å². The Bertz CT molecular complexity index is 213. The second-order valence-electron chi connectivity index (χ2n) is 5.67. The molecule has 0 radical (unpaired) electrons. The van der Waals surface area contributed by atoms with Gasteiger partial charge in [0, 0.05) is 21.8 Å².